The van der Waals surface area contributed by atoms with Crippen LogP contribution in [0.5, 0.6) is 0 Å². The number of hydrogen-bond donors (Lipinski definition) is 0. The summed E-state index contributed by atoms with van der Waals surface area (Å²) in [6.45, 7) is 14.7. The molecule has 0 bridgehead atoms. The maximum absolute atomic E-state index is 13.3. The van der Waals surface area contributed by atoms with E-state index in [-0.39, 0.29) is 19.3 Å². The van der Waals surface area contributed by atoms with E-state index >= 15 is 0 Å². The Bertz CT molecular complexity index is 858. The molecule has 0 saturated carbocycles. The van der Waals surface area contributed by atoms with Gasteiger partial charge in [-0.1, -0.05) is 39.3 Å². The van der Waals surface area contributed by atoms with Crippen LogP contribution >= 0.6 is 15.9 Å². The molecule has 2 aromatic rings. The molecule has 2 heterocycles. The Morgan fingerprint density at radius 2 is 1.29 bits per heavy atom. The minimum absolute atomic E-state index is 0.0240. The lowest BCUT2D eigenvalue weighted by Gasteiger charge is -2.17. The summed E-state index contributed by atoms with van der Waals surface area (Å²) in [4.78, 5) is 8.18. The van der Waals surface area contributed by atoms with Gasteiger partial charge in [-0.3, -0.25) is 0 Å². The number of imidazole rings is 2. The molecule has 2 rings (SSSR count). The van der Waals surface area contributed by atoms with Gasteiger partial charge < -0.3 is 18.6 Å². The van der Waals surface area contributed by atoms with Gasteiger partial charge in [-0.2, -0.15) is 13.2 Å². The molecular formula is C19H32BrF3N4O2Si2. The quantitative estimate of drug-likeness (QED) is 0.253. The summed E-state index contributed by atoms with van der Waals surface area (Å²) in [5.41, 5.74) is -0.971. The molecule has 12 heteroatoms. The second-order valence-corrected chi connectivity index (χ2v) is 22.0. The van der Waals surface area contributed by atoms with Crippen molar-refractivity contribution in [1.82, 2.24) is 19.1 Å². The topological polar surface area (TPSA) is 54.1 Å². The van der Waals surface area contributed by atoms with Crippen molar-refractivity contribution in [3.05, 3.63) is 22.7 Å². The normalized spacial score (nSPS) is 13.2. The first-order chi connectivity index (χ1) is 14.2. The SMILES string of the molecule is C[Si](C)(C)CCOCn1cc(Br)nc1-c1nc(C(F)(F)F)cn1COCC[Si](C)(C)C. The van der Waals surface area contributed by atoms with Crippen molar-refractivity contribution in [2.45, 2.75) is 71.0 Å². The van der Waals surface area contributed by atoms with Gasteiger partial charge in [0.2, 0.25) is 0 Å². The molecule has 2 aromatic heterocycles. The molecule has 0 saturated heterocycles. The third-order valence-electron chi connectivity index (χ3n) is 4.47. The maximum Gasteiger partial charge on any atom is 0.434 e. The fourth-order valence-corrected chi connectivity index (χ4v) is 4.50. The van der Waals surface area contributed by atoms with Crippen molar-refractivity contribution >= 4 is 32.1 Å². The van der Waals surface area contributed by atoms with E-state index in [0.717, 1.165) is 18.3 Å². The summed E-state index contributed by atoms with van der Waals surface area (Å²) in [7, 11) is -2.54. The highest BCUT2D eigenvalue weighted by atomic mass is 79.9. The van der Waals surface area contributed by atoms with Crippen LogP contribution in [-0.4, -0.2) is 48.5 Å². The Morgan fingerprint density at radius 3 is 1.74 bits per heavy atom. The summed E-state index contributed by atoms with van der Waals surface area (Å²) in [5, 5.41) is 0. The first-order valence-electron chi connectivity index (χ1n) is 10.2. The Labute approximate surface area is 192 Å². The lowest BCUT2D eigenvalue weighted by molar-refractivity contribution is -0.141. The Kier molecular flexibility index (Phi) is 8.76. The van der Waals surface area contributed by atoms with Crippen LogP contribution in [0.4, 0.5) is 13.2 Å². The van der Waals surface area contributed by atoms with Crippen molar-refractivity contribution < 1.29 is 22.6 Å². The molecule has 176 valence electrons. The number of alkyl halides is 3. The van der Waals surface area contributed by atoms with Gasteiger partial charge in [-0.15, -0.1) is 0 Å². The van der Waals surface area contributed by atoms with Crippen LogP contribution in [0.2, 0.25) is 51.4 Å². The van der Waals surface area contributed by atoms with E-state index in [4.69, 9.17) is 9.47 Å². The zero-order chi connectivity index (χ0) is 23.4. The minimum Gasteiger partial charge on any atom is -0.361 e. The van der Waals surface area contributed by atoms with Crippen molar-refractivity contribution in [3.8, 4) is 11.6 Å². The predicted octanol–water partition coefficient (Wildman–Crippen LogP) is 6.15. The first kappa shape index (κ1) is 26.3. The molecule has 0 unspecified atom stereocenters. The largest absolute Gasteiger partial charge is 0.434 e. The van der Waals surface area contributed by atoms with E-state index in [2.05, 4.69) is 65.2 Å². The van der Waals surface area contributed by atoms with E-state index in [1.807, 2.05) is 0 Å². The highest BCUT2D eigenvalue weighted by Gasteiger charge is 2.35. The summed E-state index contributed by atoms with van der Waals surface area (Å²) >= 11 is 3.31. The van der Waals surface area contributed by atoms with Gasteiger partial charge in [0.25, 0.3) is 0 Å². The van der Waals surface area contributed by atoms with Crippen LogP contribution in [0, 0.1) is 0 Å². The highest BCUT2D eigenvalue weighted by Crippen LogP contribution is 2.31. The van der Waals surface area contributed by atoms with E-state index in [9.17, 15) is 13.2 Å². The number of ether oxygens (including phenoxy) is 2. The second-order valence-electron chi connectivity index (χ2n) is 9.97. The van der Waals surface area contributed by atoms with Crippen molar-refractivity contribution in [3.63, 3.8) is 0 Å². The molecule has 0 atom stereocenters. The summed E-state index contributed by atoms with van der Waals surface area (Å²) in [6.07, 6.45) is -1.90. The second kappa shape index (κ2) is 10.3. The fraction of sp³-hybridized carbons (Fsp3) is 0.684. The smallest absolute Gasteiger partial charge is 0.361 e. The van der Waals surface area contributed by atoms with Gasteiger partial charge in [0, 0.05) is 41.8 Å². The van der Waals surface area contributed by atoms with Crippen LogP contribution < -0.4 is 0 Å². The van der Waals surface area contributed by atoms with E-state index in [1.165, 1.54) is 4.57 Å². The number of hydrogen-bond acceptors (Lipinski definition) is 4. The minimum atomic E-state index is -4.55. The monoisotopic (exact) mass is 540 g/mol. The number of rotatable bonds is 11. The van der Waals surface area contributed by atoms with E-state index in [1.54, 1.807) is 10.8 Å². The molecule has 0 aromatic carbocycles. The Balaban J connectivity index is 2.22. The summed E-state index contributed by atoms with van der Waals surface area (Å²) in [5.74, 6) is 0.393. The van der Waals surface area contributed by atoms with Crippen molar-refractivity contribution in [1.29, 1.82) is 0 Å². The zero-order valence-electron chi connectivity index (χ0n) is 19.0. The zero-order valence-corrected chi connectivity index (χ0v) is 22.6. The van der Waals surface area contributed by atoms with Crippen LogP contribution in [0.25, 0.3) is 11.6 Å². The third-order valence-corrected chi connectivity index (χ3v) is 8.26. The average Bonchev–Trinajstić information content (AvgIpc) is 3.17. The first-order valence-corrected chi connectivity index (χ1v) is 18.4. The Morgan fingerprint density at radius 1 is 0.839 bits per heavy atom. The van der Waals surface area contributed by atoms with Crippen LogP contribution in [0.3, 0.4) is 0 Å². The molecule has 31 heavy (non-hydrogen) atoms. The van der Waals surface area contributed by atoms with Crippen molar-refractivity contribution in [2.75, 3.05) is 13.2 Å². The molecular weight excluding hydrogens is 509 g/mol. The van der Waals surface area contributed by atoms with E-state index in [0.29, 0.717) is 23.6 Å². The molecule has 6 nitrogen and oxygen atoms in total. The standard InChI is InChI=1S/C19H32BrF3N4O2Si2/c1-30(2,3)9-7-28-13-26-11-15(19(21,22)23)24-17(26)18-25-16(20)12-27(18)14-29-8-10-31(4,5)6/h11-12H,7-10,13-14H2,1-6H3. The van der Waals surface area contributed by atoms with Gasteiger partial charge in [-0.05, 0) is 28.0 Å². The predicted molar refractivity (Wildman–Crippen MR) is 124 cm³/mol. The fourth-order valence-electron chi connectivity index (χ4n) is 2.57. The van der Waals surface area contributed by atoms with Gasteiger partial charge >= 0.3 is 6.18 Å². The van der Waals surface area contributed by atoms with Gasteiger partial charge in [0.1, 0.15) is 18.1 Å². The third kappa shape index (κ3) is 8.83. The van der Waals surface area contributed by atoms with Crippen LogP contribution in [0.1, 0.15) is 5.69 Å². The highest BCUT2D eigenvalue weighted by molar-refractivity contribution is 9.10. The average molecular weight is 542 g/mol. The molecule has 0 spiro atoms. The molecule has 0 fully saturated rings. The van der Waals surface area contributed by atoms with Crippen molar-refractivity contribution in [2.24, 2.45) is 0 Å². The van der Waals surface area contributed by atoms with Crippen LogP contribution in [0.15, 0.2) is 17.0 Å². The molecule has 0 amide bonds. The lowest BCUT2D eigenvalue weighted by atomic mass is 10.5. The molecule has 0 aliphatic heterocycles. The Hall–Kier alpha value is -0.956. The van der Waals surface area contributed by atoms with E-state index < -0.39 is 28.0 Å². The lowest BCUT2D eigenvalue weighted by Crippen LogP contribution is -2.22. The number of halogens is 4. The molecule has 0 aliphatic rings. The molecule has 0 radical (unpaired) electrons. The van der Waals surface area contributed by atoms with Crippen LogP contribution in [-0.2, 0) is 29.1 Å². The number of nitrogens with zero attached hydrogens (tertiary/aromatic N) is 4. The summed E-state index contributed by atoms with van der Waals surface area (Å²) in [6, 6.07) is 1.92. The maximum atomic E-state index is 13.3. The number of aromatic nitrogens is 4. The van der Waals surface area contributed by atoms with Gasteiger partial charge in [0.15, 0.2) is 17.3 Å². The molecule has 0 aliphatic carbocycles. The molecule has 0 N–H and O–H groups in total. The van der Waals surface area contributed by atoms with Gasteiger partial charge in [-0.25, -0.2) is 9.97 Å². The summed E-state index contributed by atoms with van der Waals surface area (Å²) < 4.78 is 55.0. The van der Waals surface area contributed by atoms with Gasteiger partial charge in [0.05, 0.1) is 0 Å².